The predicted octanol–water partition coefficient (Wildman–Crippen LogP) is 5.18. The van der Waals surface area contributed by atoms with Gasteiger partial charge in [-0.05, 0) is 61.7 Å². The van der Waals surface area contributed by atoms with Crippen molar-refractivity contribution in [3.8, 4) is 0 Å². The fourth-order valence-corrected chi connectivity index (χ4v) is 4.98. The third-order valence-corrected chi connectivity index (χ3v) is 7.65. The number of nitrogens with zero attached hydrogens (tertiary/aromatic N) is 1. The van der Waals surface area contributed by atoms with Crippen LogP contribution >= 0.6 is 11.6 Å². The van der Waals surface area contributed by atoms with Gasteiger partial charge in [-0.25, -0.2) is 8.42 Å². The number of hydrogen-bond donors (Lipinski definition) is 2. The molecule has 0 saturated heterocycles. The molecule has 0 radical (unpaired) electrons. The SMILES string of the molecule is Cc1ccc(S(=O)(=O)N(CC(=O)Nc2ccccc2C(=O)NCC(C)C)c2ccc(C)c(Cl)c2)cc1. The highest BCUT2D eigenvalue weighted by Crippen LogP contribution is 2.28. The van der Waals surface area contributed by atoms with Gasteiger partial charge in [-0.3, -0.25) is 13.9 Å². The molecule has 0 unspecified atom stereocenters. The molecule has 0 saturated carbocycles. The average molecular weight is 528 g/mol. The van der Waals surface area contributed by atoms with E-state index in [1.54, 1.807) is 55.5 Å². The zero-order valence-corrected chi connectivity index (χ0v) is 22.3. The normalized spacial score (nSPS) is 11.3. The van der Waals surface area contributed by atoms with E-state index in [-0.39, 0.29) is 28.0 Å². The Hall–Kier alpha value is -3.36. The minimum absolute atomic E-state index is 0.0473. The number of hydrogen-bond acceptors (Lipinski definition) is 4. The first-order chi connectivity index (χ1) is 17.0. The van der Waals surface area contributed by atoms with Crippen molar-refractivity contribution >= 4 is 44.8 Å². The van der Waals surface area contributed by atoms with Gasteiger partial charge < -0.3 is 10.6 Å². The molecule has 0 aliphatic carbocycles. The van der Waals surface area contributed by atoms with Gasteiger partial charge in [0.1, 0.15) is 6.54 Å². The van der Waals surface area contributed by atoms with E-state index in [0.717, 1.165) is 15.4 Å². The van der Waals surface area contributed by atoms with Crippen molar-refractivity contribution in [3.63, 3.8) is 0 Å². The molecule has 3 aromatic rings. The number of sulfonamides is 1. The Kier molecular flexibility index (Phi) is 8.76. The lowest BCUT2D eigenvalue weighted by Crippen LogP contribution is -2.38. The highest BCUT2D eigenvalue weighted by Gasteiger charge is 2.28. The van der Waals surface area contributed by atoms with Crippen molar-refractivity contribution in [1.29, 1.82) is 0 Å². The monoisotopic (exact) mass is 527 g/mol. The number of amides is 2. The number of anilines is 2. The van der Waals surface area contributed by atoms with Gasteiger partial charge in [-0.2, -0.15) is 0 Å². The summed E-state index contributed by atoms with van der Waals surface area (Å²) in [5.41, 5.74) is 2.52. The summed E-state index contributed by atoms with van der Waals surface area (Å²) in [5, 5.41) is 5.91. The fourth-order valence-electron chi connectivity index (χ4n) is 3.39. The molecule has 0 aliphatic rings. The lowest BCUT2D eigenvalue weighted by molar-refractivity contribution is -0.114. The third kappa shape index (κ3) is 6.65. The summed E-state index contributed by atoms with van der Waals surface area (Å²) in [4.78, 5) is 25.8. The molecule has 0 atom stereocenters. The Balaban J connectivity index is 1.93. The van der Waals surface area contributed by atoms with Crippen LogP contribution in [0.3, 0.4) is 0 Å². The number of carbonyl (C=O) groups excluding carboxylic acids is 2. The van der Waals surface area contributed by atoms with Crippen LogP contribution in [0.15, 0.2) is 71.6 Å². The van der Waals surface area contributed by atoms with Crippen LogP contribution in [0.2, 0.25) is 5.02 Å². The van der Waals surface area contributed by atoms with E-state index in [9.17, 15) is 18.0 Å². The van der Waals surface area contributed by atoms with Crippen LogP contribution in [-0.2, 0) is 14.8 Å². The second-order valence-electron chi connectivity index (χ2n) is 8.96. The molecule has 9 heteroatoms. The number of para-hydroxylation sites is 1. The summed E-state index contributed by atoms with van der Waals surface area (Å²) in [6.07, 6.45) is 0. The molecule has 0 bridgehead atoms. The number of nitrogens with one attached hydrogen (secondary N) is 2. The molecule has 0 heterocycles. The van der Waals surface area contributed by atoms with E-state index in [0.29, 0.717) is 17.3 Å². The van der Waals surface area contributed by atoms with Gasteiger partial charge in [-0.15, -0.1) is 0 Å². The van der Waals surface area contributed by atoms with Gasteiger partial charge in [0.25, 0.3) is 15.9 Å². The molecule has 2 N–H and O–H groups in total. The van der Waals surface area contributed by atoms with Crippen LogP contribution in [0.25, 0.3) is 0 Å². The second kappa shape index (κ2) is 11.6. The minimum atomic E-state index is -4.10. The second-order valence-corrected chi connectivity index (χ2v) is 11.2. The van der Waals surface area contributed by atoms with Crippen molar-refractivity contribution in [2.45, 2.75) is 32.6 Å². The van der Waals surface area contributed by atoms with Gasteiger partial charge >= 0.3 is 0 Å². The number of benzene rings is 3. The molecule has 7 nitrogen and oxygen atoms in total. The van der Waals surface area contributed by atoms with E-state index < -0.39 is 22.5 Å². The van der Waals surface area contributed by atoms with Gasteiger partial charge in [0, 0.05) is 11.6 Å². The fraction of sp³-hybridized carbons (Fsp3) is 0.259. The Morgan fingerprint density at radius 1 is 0.972 bits per heavy atom. The Labute approximate surface area is 217 Å². The maximum atomic E-state index is 13.6. The molecule has 3 rings (SSSR count). The summed E-state index contributed by atoms with van der Waals surface area (Å²) in [7, 11) is -4.10. The quantitative estimate of drug-likeness (QED) is 0.401. The zero-order chi connectivity index (χ0) is 26.5. The molecule has 190 valence electrons. The molecule has 0 fully saturated rings. The van der Waals surface area contributed by atoms with Gasteiger partial charge in [0.15, 0.2) is 0 Å². The van der Waals surface area contributed by atoms with Gasteiger partial charge in [-0.1, -0.05) is 61.3 Å². The summed E-state index contributed by atoms with van der Waals surface area (Å²) in [5.74, 6) is -0.668. The van der Waals surface area contributed by atoms with Crippen LogP contribution < -0.4 is 14.9 Å². The predicted molar refractivity (Wildman–Crippen MR) is 144 cm³/mol. The highest BCUT2D eigenvalue weighted by molar-refractivity contribution is 7.92. The molecule has 0 aliphatic heterocycles. The van der Waals surface area contributed by atoms with Crippen LogP contribution in [0.1, 0.15) is 35.3 Å². The van der Waals surface area contributed by atoms with E-state index >= 15 is 0 Å². The summed E-state index contributed by atoms with van der Waals surface area (Å²) in [6.45, 7) is 7.59. The average Bonchev–Trinajstić information content (AvgIpc) is 2.83. The van der Waals surface area contributed by atoms with Crippen molar-refractivity contribution in [2.75, 3.05) is 22.7 Å². The van der Waals surface area contributed by atoms with E-state index in [1.807, 2.05) is 20.8 Å². The number of carbonyl (C=O) groups is 2. The highest BCUT2D eigenvalue weighted by atomic mass is 35.5. The van der Waals surface area contributed by atoms with E-state index in [4.69, 9.17) is 11.6 Å². The lowest BCUT2D eigenvalue weighted by Gasteiger charge is -2.25. The Morgan fingerprint density at radius 2 is 1.64 bits per heavy atom. The third-order valence-electron chi connectivity index (χ3n) is 5.46. The molecule has 3 aromatic carbocycles. The molecular formula is C27H30ClN3O4S. The first-order valence-corrected chi connectivity index (χ1v) is 13.3. The molecular weight excluding hydrogens is 498 g/mol. The first-order valence-electron chi connectivity index (χ1n) is 11.5. The maximum absolute atomic E-state index is 13.6. The molecule has 36 heavy (non-hydrogen) atoms. The van der Waals surface area contributed by atoms with Crippen molar-refractivity contribution in [2.24, 2.45) is 5.92 Å². The van der Waals surface area contributed by atoms with E-state index in [1.165, 1.54) is 18.2 Å². The van der Waals surface area contributed by atoms with Gasteiger partial charge in [0.2, 0.25) is 5.91 Å². The van der Waals surface area contributed by atoms with Crippen molar-refractivity contribution in [1.82, 2.24) is 5.32 Å². The smallest absolute Gasteiger partial charge is 0.264 e. The maximum Gasteiger partial charge on any atom is 0.264 e. The van der Waals surface area contributed by atoms with Crippen LogP contribution in [0, 0.1) is 19.8 Å². The largest absolute Gasteiger partial charge is 0.352 e. The number of aryl methyl sites for hydroxylation is 2. The molecule has 2 amide bonds. The summed E-state index contributed by atoms with van der Waals surface area (Å²) in [6, 6.07) is 17.8. The molecule has 0 spiro atoms. The first kappa shape index (κ1) is 27.2. The molecule has 0 aromatic heterocycles. The Morgan fingerprint density at radius 3 is 2.28 bits per heavy atom. The van der Waals surface area contributed by atoms with Crippen LogP contribution in [-0.4, -0.2) is 33.3 Å². The Bertz CT molecular complexity index is 1360. The van der Waals surface area contributed by atoms with Gasteiger partial charge in [0.05, 0.1) is 21.8 Å². The summed E-state index contributed by atoms with van der Waals surface area (Å²) < 4.78 is 28.2. The standard InChI is InChI=1S/C27H30ClN3O4S/c1-18(2)16-29-27(33)23-7-5-6-8-25(23)30-26(32)17-31(21-12-11-20(4)24(28)15-21)36(34,35)22-13-9-19(3)10-14-22/h5-15,18H,16-17H2,1-4H3,(H,29,33)(H,30,32). The van der Waals surface area contributed by atoms with Crippen molar-refractivity contribution in [3.05, 3.63) is 88.4 Å². The zero-order valence-electron chi connectivity index (χ0n) is 20.7. The van der Waals surface area contributed by atoms with E-state index in [2.05, 4.69) is 10.6 Å². The summed E-state index contributed by atoms with van der Waals surface area (Å²) >= 11 is 6.28. The van der Waals surface area contributed by atoms with Crippen molar-refractivity contribution < 1.29 is 18.0 Å². The number of rotatable bonds is 9. The van der Waals surface area contributed by atoms with Crippen LogP contribution in [0.4, 0.5) is 11.4 Å². The lowest BCUT2D eigenvalue weighted by atomic mass is 10.1. The number of halogens is 1. The topological polar surface area (TPSA) is 95.6 Å². The minimum Gasteiger partial charge on any atom is -0.352 e. The van der Waals surface area contributed by atoms with Crippen LogP contribution in [0.5, 0.6) is 0 Å².